The van der Waals surface area contributed by atoms with Crippen LogP contribution in [0.4, 0.5) is 5.69 Å². The molecule has 1 aromatic carbocycles. The van der Waals surface area contributed by atoms with Gasteiger partial charge in [-0.2, -0.15) is 0 Å². The van der Waals surface area contributed by atoms with Gasteiger partial charge in [-0.1, -0.05) is 30.3 Å². The van der Waals surface area contributed by atoms with E-state index in [1.165, 1.54) is 6.26 Å². The molecule has 0 radical (unpaired) electrons. The maximum Gasteiger partial charge on any atom is 0.260 e. The highest BCUT2D eigenvalue weighted by Gasteiger charge is 2.13. The van der Waals surface area contributed by atoms with E-state index in [0.29, 0.717) is 21.7 Å². The van der Waals surface area contributed by atoms with Crippen molar-refractivity contribution in [3.63, 3.8) is 0 Å². The summed E-state index contributed by atoms with van der Waals surface area (Å²) in [7, 11) is 0. The van der Waals surface area contributed by atoms with Gasteiger partial charge in [-0.15, -0.1) is 0 Å². The molecule has 21 heavy (non-hydrogen) atoms. The Labute approximate surface area is 129 Å². The molecule has 1 amide bonds. The number of hydrogen-bond acceptors (Lipinski definition) is 4. The molecule has 0 atom stereocenters. The molecular formula is C15H10BrN3O2. The fourth-order valence-electron chi connectivity index (χ4n) is 1.78. The van der Waals surface area contributed by atoms with E-state index in [1.807, 2.05) is 30.3 Å². The summed E-state index contributed by atoms with van der Waals surface area (Å²) < 4.78 is 5.42. The Morgan fingerprint density at radius 2 is 1.81 bits per heavy atom. The summed E-state index contributed by atoms with van der Waals surface area (Å²) in [6.45, 7) is 0. The van der Waals surface area contributed by atoms with E-state index >= 15 is 0 Å². The van der Waals surface area contributed by atoms with Crippen molar-refractivity contribution in [2.75, 3.05) is 5.32 Å². The number of furan rings is 1. The maximum absolute atomic E-state index is 12.0. The van der Waals surface area contributed by atoms with Crippen molar-refractivity contribution in [1.82, 2.24) is 9.97 Å². The van der Waals surface area contributed by atoms with Crippen molar-refractivity contribution in [1.29, 1.82) is 0 Å². The number of carbonyl (C=O) groups is 1. The Morgan fingerprint density at radius 3 is 2.43 bits per heavy atom. The van der Waals surface area contributed by atoms with Crippen molar-refractivity contribution in [3.8, 4) is 11.4 Å². The second-order valence-corrected chi connectivity index (χ2v) is 4.94. The van der Waals surface area contributed by atoms with Crippen LogP contribution in [0, 0.1) is 0 Å². The molecule has 0 fully saturated rings. The van der Waals surface area contributed by atoms with Crippen LogP contribution in [0.25, 0.3) is 11.4 Å². The molecule has 2 heterocycles. The fourth-order valence-corrected chi connectivity index (χ4v) is 2.20. The molecule has 0 spiro atoms. The minimum atomic E-state index is -0.285. The van der Waals surface area contributed by atoms with Gasteiger partial charge in [0.15, 0.2) is 10.5 Å². The zero-order valence-corrected chi connectivity index (χ0v) is 12.4. The van der Waals surface area contributed by atoms with Gasteiger partial charge in [0.1, 0.15) is 0 Å². The molecule has 0 aliphatic carbocycles. The predicted octanol–water partition coefficient (Wildman–Crippen LogP) is 3.75. The third-order valence-electron chi connectivity index (χ3n) is 2.80. The maximum atomic E-state index is 12.0. The number of rotatable bonds is 3. The number of nitrogens with one attached hydrogen (secondary N) is 1. The van der Waals surface area contributed by atoms with Gasteiger partial charge in [0.05, 0.1) is 29.9 Å². The first-order valence-corrected chi connectivity index (χ1v) is 6.95. The van der Waals surface area contributed by atoms with Crippen molar-refractivity contribution in [2.45, 2.75) is 0 Å². The van der Waals surface area contributed by atoms with Crippen LogP contribution >= 0.6 is 15.9 Å². The molecule has 0 bridgehead atoms. The van der Waals surface area contributed by atoms with Crippen LogP contribution in [-0.2, 0) is 0 Å². The molecule has 3 aromatic rings. The van der Waals surface area contributed by atoms with Crippen molar-refractivity contribution in [3.05, 3.63) is 65.3 Å². The summed E-state index contributed by atoms with van der Waals surface area (Å²) in [4.78, 5) is 20.5. The average Bonchev–Trinajstić information content (AvgIpc) is 2.95. The standard InChI is InChI=1S/C15H10BrN3O2/c16-13-12(6-7-21-13)15(20)19-11-8-17-14(18-9-11)10-4-2-1-3-5-10/h1-9H,(H,19,20). The van der Waals surface area contributed by atoms with E-state index in [2.05, 4.69) is 31.2 Å². The summed E-state index contributed by atoms with van der Waals surface area (Å²) in [5, 5.41) is 2.71. The molecule has 2 aromatic heterocycles. The monoisotopic (exact) mass is 343 g/mol. The molecule has 0 aliphatic rings. The van der Waals surface area contributed by atoms with Crippen molar-refractivity contribution < 1.29 is 9.21 Å². The predicted molar refractivity (Wildman–Crippen MR) is 81.8 cm³/mol. The first kappa shape index (κ1) is 13.5. The molecule has 0 saturated carbocycles. The Morgan fingerprint density at radius 1 is 1.10 bits per heavy atom. The molecule has 1 N–H and O–H groups in total. The van der Waals surface area contributed by atoms with Crippen LogP contribution in [0.5, 0.6) is 0 Å². The van der Waals surface area contributed by atoms with Gasteiger partial charge < -0.3 is 9.73 Å². The van der Waals surface area contributed by atoms with Crippen molar-refractivity contribution in [2.24, 2.45) is 0 Å². The van der Waals surface area contributed by atoms with E-state index in [-0.39, 0.29) is 5.91 Å². The number of anilines is 1. The summed E-state index contributed by atoms with van der Waals surface area (Å²) >= 11 is 3.16. The highest BCUT2D eigenvalue weighted by molar-refractivity contribution is 9.10. The molecule has 5 nitrogen and oxygen atoms in total. The van der Waals surface area contributed by atoms with E-state index in [1.54, 1.807) is 18.5 Å². The van der Waals surface area contributed by atoms with Crippen LogP contribution in [0.15, 0.2) is 64.1 Å². The molecule has 0 unspecified atom stereocenters. The van der Waals surface area contributed by atoms with E-state index in [9.17, 15) is 4.79 Å². The second-order valence-electron chi connectivity index (χ2n) is 4.22. The average molecular weight is 344 g/mol. The number of amides is 1. The van der Waals surface area contributed by atoms with Crippen LogP contribution in [0.1, 0.15) is 10.4 Å². The summed E-state index contributed by atoms with van der Waals surface area (Å²) in [5.41, 5.74) is 1.86. The van der Waals surface area contributed by atoms with Crippen LogP contribution in [-0.4, -0.2) is 15.9 Å². The highest BCUT2D eigenvalue weighted by atomic mass is 79.9. The fraction of sp³-hybridized carbons (Fsp3) is 0. The zero-order chi connectivity index (χ0) is 14.7. The van der Waals surface area contributed by atoms with Gasteiger partial charge in [0.2, 0.25) is 0 Å². The Hall–Kier alpha value is -2.47. The topological polar surface area (TPSA) is 68.0 Å². The van der Waals surface area contributed by atoms with Gasteiger partial charge >= 0.3 is 0 Å². The molecule has 0 saturated heterocycles. The molecular weight excluding hydrogens is 334 g/mol. The number of halogens is 1. The van der Waals surface area contributed by atoms with Crippen LogP contribution in [0.3, 0.4) is 0 Å². The minimum absolute atomic E-state index is 0.285. The number of aromatic nitrogens is 2. The SMILES string of the molecule is O=C(Nc1cnc(-c2ccccc2)nc1)c1ccoc1Br. The lowest BCUT2D eigenvalue weighted by Gasteiger charge is -2.04. The minimum Gasteiger partial charge on any atom is -0.457 e. The van der Waals surface area contributed by atoms with Crippen molar-refractivity contribution >= 4 is 27.5 Å². The molecule has 0 aliphatic heterocycles. The van der Waals surface area contributed by atoms with Gasteiger partial charge in [-0.25, -0.2) is 9.97 Å². The van der Waals surface area contributed by atoms with Crippen LogP contribution < -0.4 is 5.32 Å². The Balaban J connectivity index is 1.76. The number of hydrogen-bond donors (Lipinski definition) is 1. The second kappa shape index (κ2) is 5.88. The molecule has 6 heteroatoms. The lowest BCUT2D eigenvalue weighted by molar-refractivity contribution is 0.102. The Bertz CT molecular complexity index is 754. The van der Waals surface area contributed by atoms with Gasteiger partial charge in [0.25, 0.3) is 5.91 Å². The third-order valence-corrected chi connectivity index (χ3v) is 3.42. The zero-order valence-electron chi connectivity index (χ0n) is 10.8. The molecule has 3 rings (SSSR count). The van der Waals surface area contributed by atoms with E-state index in [0.717, 1.165) is 5.56 Å². The van der Waals surface area contributed by atoms with E-state index < -0.39 is 0 Å². The molecule has 104 valence electrons. The lowest BCUT2D eigenvalue weighted by atomic mass is 10.2. The smallest absolute Gasteiger partial charge is 0.260 e. The number of benzene rings is 1. The quantitative estimate of drug-likeness (QED) is 0.786. The number of carbonyl (C=O) groups excluding carboxylic acids is 1. The number of nitrogens with zero attached hydrogens (tertiary/aromatic N) is 2. The van der Waals surface area contributed by atoms with Gasteiger partial charge in [0, 0.05) is 5.56 Å². The largest absolute Gasteiger partial charge is 0.457 e. The Kier molecular flexibility index (Phi) is 3.79. The lowest BCUT2D eigenvalue weighted by Crippen LogP contribution is -2.12. The first-order valence-electron chi connectivity index (χ1n) is 6.16. The summed E-state index contributed by atoms with van der Waals surface area (Å²) in [5.74, 6) is 0.324. The summed E-state index contributed by atoms with van der Waals surface area (Å²) in [6, 6.07) is 11.2. The van der Waals surface area contributed by atoms with E-state index in [4.69, 9.17) is 4.42 Å². The van der Waals surface area contributed by atoms with Crippen LogP contribution in [0.2, 0.25) is 0 Å². The van der Waals surface area contributed by atoms with Gasteiger partial charge in [-0.05, 0) is 22.0 Å². The first-order chi connectivity index (χ1) is 10.2. The normalized spacial score (nSPS) is 10.3. The summed E-state index contributed by atoms with van der Waals surface area (Å²) in [6.07, 6.45) is 4.58. The highest BCUT2D eigenvalue weighted by Crippen LogP contribution is 2.19. The van der Waals surface area contributed by atoms with Gasteiger partial charge in [-0.3, -0.25) is 4.79 Å². The third kappa shape index (κ3) is 3.00.